The van der Waals surface area contributed by atoms with Gasteiger partial charge in [0.05, 0.1) is 5.56 Å². The van der Waals surface area contributed by atoms with Crippen LogP contribution in [0.2, 0.25) is 0 Å². The van der Waals surface area contributed by atoms with Crippen molar-refractivity contribution in [1.29, 1.82) is 0 Å². The molecule has 2 rings (SSSR count). The molecule has 0 radical (unpaired) electrons. The summed E-state index contributed by atoms with van der Waals surface area (Å²) >= 11 is 0. The zero-order chi connectivity index (χ0) is 16.3. The maximum Gasteiger partial charge on any atom is 0.573 e. The molecule has 0 atom stereocenters. The van der Waals surface area contributed by atoms with Crippen LogP contribution in [0.25, 0.3) is 0 Å². The van der Waals surface area contributed by atoms with Crippen LogP contribution in [0.5, 0.6) is 5.75 Å². The van der Waals surface area contributed by atoms with Crippen LogP contribution >= 0.6 is 0 Å². The van der Waals surface area contributed by atoms with Gasteiger partial charge in [0, 0.05) is 6.54 Å². The van der Waals surface area contributed by atoms with Crippen LogP contribution in [-0.2, 0) is 6.54 Å². The lowest BCUT2D eigenvalue weighted by molar-refractivity contribution is -0.274. The Hall–Kier alpha value is -2.44. The SMILES string of the molecule is Cc1cc(C(=O)NCc2ccc(OC(F)(F)F)cc2)c(C)o1. The maximum atomic E-state index is 12.0. The third kappa shape index (κ3) is 4.28. The molecule has 1 aromatic carbocycles. The molecule has 1 aromatic heterocycles. The standard InChI is InChI=1S/C15H14F3NO3/c1-9-7-13(10(2)21-9)14(20)19-8-11-3-5-12(6-4-11)22-15(16,17)18/h3-7H,8H2,1-2H3,(H,19,20). The molecular formula is C15H14F3NO3. The molecule has 0 aliphatic carbocycles. The third-order valence-electron chi connectivity index (χ3n) is 2.90. The first-order valence-electron chi connectivity index (χ1n) is 6.44. The van der Waals surface area contributed by atoms with E-state index < -0.39 is 6.36 Å². The van der Waals surface area contributed by atoms with Crippen LogP contribution in [-0.4, -0.2) is 12.3 Å². The number of alkyl halides is 3. The molecule has 0 unspecified atom stereocenters. The van der Waals surface area contributed by atoms with Crippen molar-refractivity contribution in [2.75, 3.05) is 0 Å². The first-order chi connectivity index (χ1) is 10.2. The summed E-state index contributed by atoms with van der Waals surface area (Å²) < 4.78 is 45.1. The van der Waals surface area contributed by atoms with E-state index in [9.17, 15) is 18.0 Å². The fourth-order valence-electron chi connectivity index (χ4n) is 1.94. The molecule has 0 aliphatic rings. The summed E-state index contributed by atoms with van der Waals surface area (Å²) in [6.07, 6.45) is -4.72. The number of furan rings is 1. The minimum absolute atomic E-state index is 0.189. The molecule has 1 heterocycles. The number of carbonyl (C=O) groups is 1. The van der Waals surface area contributed by atoms with Gasteiger partial charge in [-0.05, 0) is 37.6 Å². The van der Waals surface area contributed by atoms with Gasteiger partial charge in [-0.2, -0.15) is 0 Å². The first-order valence-corrected chi connectivity index (χ1v) is 6.44. The molecule has 2 aromatic rings. The Morgan fingerprint density at radius 1 is 1.23 bits per heavy atom. The Labute approximate surface area is 124 Å². The lowest BCUT2D eigenvalue weighted by atomic mass is 10.2. The number of halogens is 3. The van der Waals surface area contributed by atoms with Crippen molar-refractivity contribution in [2.24, 2.45) is 0 Å². The monoisotopic (exact) mass is 313 g/mol. The minimum atomic E-state index is -4.72. The Morgan fingerprint density at radius 2 is 1.86 bits per heavy atom. The Kier molecular flexibility index (Phi) is 4.44. The summed E-state index contributed by atoms with van der Waals surface area (Å²) in [6, 6.07) is 6.93. The molecule has 22 heavy (non-hydrogen) atoms. The van der Waals surface area contributed by atoms with Crippen molar-refractivity contribution in [1.82, 2.24) is 5.32 Å². The number of ether oxygens (including phenoxy) is 1. The van der Waals surface area contributed by atoms with Crippen LogP contribution < -0.4 is 10.1 Å². The molecule has 118 valence electrons. The average Bonchev–Trinajstić information content (AvgIpc) is 2.75. The van der Waals surface area contributed by atoms with Crippen LogP contribution in [0.4, 0.5) is 13.2 Å². The van der Waals surface area contributed by atoms with Gasteiger partial charge in [-0.25, -0.2) is 0 Å². The van der Waals surface area contributed by atoms with Crippen LogP contribution in [0.15, 0.2) is 34.7 Å². The summed E-state index contributed by atoms with van der Waals surface area (Å²) in [5.74, 6) is 0.550. The number of aryl methyl sites for hydroxylation is 2. The van der Waals surface area contributed by atoms with E-state index in [4.69, 9.17) is 4.42 Å². The highest BCUT2D eigenvalue weighted by Gasteiger charge is 2.30. The second-order valence-corrected chi connectivity index (χ2v) is 4.70. The van der Waals surface area contributed by atoms with Crippen molar-refractivity contribution in [3.8, 4) is 5.75 Å². The van der Waals surface area contributed by atoms with Crippen molar-refractivity contribution in [3.63, 3.8) is 0 Å². The molecule has 0 saturated heterocycles. The van der Waals surface area contributed by atoms with Gasteiger partial charge in [0.15, 0.2) is 0 Å². The molecular weight excluding hydrogens is 299 g/mol. The highest BCUT2D eigenvalue weighted by Crippen LogP contribution is 2.22. The lowest BCUT2D eigenvalue weighted by Gasteiger charge is -2.09. The molecule has 0 spiro atoms. The summed E-state index contributed by atoms with van der Waals surface area (Å²) in [6.45, 7) is 3.61. The van der Waals surface area contributed by atoms with Gasteiger partial charge in [-0.3, -0.25) is 4.79 Å². The third-order valence-corrected chi connectivity index (χ3v) is 2.90. The van der Waals surface area contributed by atoms with Gasteiger partial charge in [0.25, 0.3) is 5.91 Å². The van der Waals surface area contributed by atoms with Crippen molar-refractivity contribution in [2.45, 2.75) is 26.8 Å². The molecule has 1 N–H and O–H groups in total. The number of hydrogen-bond acceptors (Lipinski definition) is 3. The van der Waals surface area contributed by atoms with Crippen LogP contribution in [0.3, 0.4) is 0 Å². The van der Waals surface area contributed by atoms with Crippen LogP contribution in [0, 0.1) is 13.8 Å². The molecule has 7 heteroatoms. The number of hydrogen-bond donors (Lipinski definition) is 1. The predicted octanol–water partition coefficient (Wildman–Crippen LogP) is 3.73. The normalized spacial score (nSPS) is 11.3. The molecule has 1 amide bonds. The zero-order valence-electron chi connectivity index (χ0n) is 12.0. The van der Waals surface area contributed by atoms with E-state index in [0.717, 1.165) is 0 Å². The highest BCUT2D eigenvalue weighted by molar-refractivity contribution is 5.95. The van der Waals surface area contributed by atoms with E-state index in [0.29, 0.717) is 22.6 Å². The van der Waals surface area contributed by atoms with Gasteiger partial charge in [-0.15, -0.1) is 13.2 Å². The van der Waals surface area contributed by atoms with E-state index in [-0.39, 0.29) is 18.2 Å². The van der Waals surface area contributed by atoms with E-state index in [2.05, 4.69) is 10.1 Å². The largest absolute Gasteiger partial charge is 0.573 e. The van der Waals surface area contributed by atoms with Crippen molar-refractivity contribution >= 4 is 5.91 Å². The lowest BCUT2D eigenvalue weighted by Crippen LogP contribution is -2.23. The summed E-state index contributed by atoms with van der Waals surface area (Å²) in [5, 5.41) is 2.68. The molecule has 0 fully saturated rings. The van der Waals surface area contributed by atoms with Gasteiger partial charge >= 0.3 is 6.36 Å². The summed E-state index contributed by atoms with van der Waals surface area (Å²) in [7, 11) is 0. The average molecular weight is 313 g/mol. The number of benzene rings is 1. The van der Waals surface area contributed by atoms with E-state index >= 15 is 0 Å². The maximum absolute atomic E-state index is 12.0. The van der Waals surface area contributed by atoms with Crippen molar-refractivity contribution < 1.29 is 27.1 Å². The van der Waals surface area contributed by atoms with Gasteiger partial charge in [-0.1, -0.05) is 12.1 Å². The molecule has 0 aliphatic heterocycles. The predicted molar refractivity (Wildman–Crippen MR) is 72.5 cm³/mol. The second-order valence-electron chi connectivity index (χ2n) is 4.70. The fraction of sp³-hybridized carbons (Fsp3) is 0.267. The summed E-state index contributed by atoms with van der Waals surface area (Å²) in [5.41, 5.74) is 1.09. The van der Waals surface area contributed by atoms with Gasteiger partial charge in [0.1, 0.15) is 17.3 Å². The smallest absolute Gasteiger partial charge is 0.466 e. The van der Waals surface area contributed by atoms with Gasteiger partial charge in [0.2, 0.25) is 0 Å². The van der Waals surface area contributed by atoms with E-state index in [1.807, 2.05) is 0 Å². The summed E-state index contributed by atoms with van der Waals surface area (Å²) in [4.78, 5) is 12.0. The zero-order valence-corrected chi connectivity index (χ0v) is 12.0. The fourth-order valence-corrected chi connectivity index (χ4v) is 1.94. The highest BCUT2D eigenvalue weighted by atomic mass is 19.4. The molecule has 0 bridgehead atoms. The quantitative estimate of drug-likeness (QED) is 0.936. The van der Waals surface area contributed by atoms with E-state index in [1.165, 1.54) is 24.3 Å². The number of rotatable bonds is 4. The number of carbonyl (C=O) groups excluding carboxylic acids is 1. The Morgan fingerprint density at radius 3 is 2.36 bits per heavy atom. The van der Waals surface area contributed by atoms with Crippen LogP contribution in [0.1, 0.15) is 27.4 Å². The Bertz CT molecular complexity index is 660. The minimum Gasteiger partial charge on any atom is -0.466 e. The number of nitrogens with one attached hydrogen (secondary N) is 1. The topological polar surface area (TPSA) is 51.5 Å². The molecule has 4 nitrogen and oxygen atoms in total. The van der Waals surface area contributed by atoms with Gasteiger partial charge < -0.3 is 14.5 Å². The van der Waals surface area contributed by atoms with Crippen molar-refractivity contribution in [3.05, 3.63) is 53.0 Å². The second kappa shape index (κ2) is 6.13. The molecule has 0 saturated carbocycles. The first kappa shape index (κ1) is 15.9. The van der Waals surface area contributed by atoms with E-state index in [1.54, 1.807) is 19.9 Å². The number of amides is 1. The Balaban J connectivity index is 1.94.